The van der Waals surface area contributed by atoms with Gasteiger partial charge in [-0.25, -0.2) is 4.99 Å². The zero-order valence-electron chi connectivity index (χ0n) is 17.9. The van der Waals surface area contributed by atoms with Crippen LogP contribution in [0, 0.1) is 13.8 Å². The van der Waals surface area contributed by atoms with E-state index in [2.05, 4.69) is 51.4 Å². The highest BCUT2D eigenvalue weighted by atomic mass is 127. The molecule has 0 bridgehead atoms. The number of guanidine groups is 1. The Hall–Kier alpha value is -1.81. The molecule has 29 heavy (non-hydrogen) atoms. The summed E-state index contributed by atoms with van der Waals surface area (Å²) in [5.74, 6) is 1.66. The van der Waals surface area contributed by atoms with Crippen molar-refractivity contribution in [1.82, 2.24) is 20.4 Å². The number of aromatic nitrogens is 2. The van der Waals surface area contributed by atoms with Gasteiger partial charge in [0.2, 0.25) is 0 Å². The summed E-state index contributed by atoms with van der Waals surface area (Å²) in [6.07, 6.45) is 0.981. The second-order valence-corrected chi connectivity index (χ2v) is 6.61. The van der Waals surface area contributed by atoms with Crippen molar-refractivity contribution in [2.75, 3.05) is 33.4 Å². The van der Waals surface area contributed by atoms with Crippen LogP contribution >= 0.6 is 24.0 Å². The average Bonchev–Trinajstić information content (AvgIpc) is 3.01. The molecule has 1 heterocycles. The summed E-state index contributed by atoms with van der Waals surface area (Å²) in [4.78, 5) is 4.68. The third-order valence-corrected chi connectivity index (χ3v) is 4.16. The lowest BCUT2D eigenvalue weighted by molar-refractivity contribution is 0.146. The molecule has 7 nitrogen and oxygen atoms in total. The molecule has 0 saturated carbocycles. The largest absolute Gasteiger partial charge is 0.491 e. The van der Waals surface area contributed by atoms with Gasteiger partial charge < -0.3 is 20.1 Å². The number of aryl methyl sites for hydroxylation is 3. The summed E-state index contributed by atoms with van der Waals surface area (Å²) in [7, 11) is 1.67. The Kier molecular flexibility index (Phi) is 12.4. The van der Waals surface area contributed by atoms with Gasteiger partial charge in [0.1, 0.15) is 12.4 Å². The monoisotopic (exact) mass is 515 g/mol. The predicted octanol–water partition coefficient (Wildman–Crippen LogP) is 3.29. The zero-order chi connectivity index (χ0) is 20.2. The number of benzene rings is 1. The van der Waals surface area contributed by atoms with Crippen LogP contribution in [0.25, 0.3) is 0 Å². The molecular formula is C21H34IN5O2. The molecule has 1 aromatic heterocycles. The standard InChI is InChI=1S/C21H33N5O2.HI/c1-5-22-21(23-10-7-11-26-18(3)14-17(2)25-26)24-16-19-8-6-9-20(15-19)28-13-12-27-4;/h6,8-9,14-15H,5,7,10-13,16H2,1-4H3,(H2,22,23,24);1H. The topological polar surface area (TPSA) is 72.7 Å². The normalized spacial score (nSPS) is 11.1. The first-order valence-electron chi connectivity index (χ1n) is 9.86. The van der Waals surface area contributed by atoms with Gasteiger partial charge in [-0.1, -0.05) is 12.1 Å². The van der Waals surface area contributed by atoms with Gasteiger partial charge in [-0.2, -0.15) is 5.10 Å². The Labute approximate surface area is 191 Å². The first kappa shape index (κ1) is 25.2. The molecule has 0 spiro atoms. The molecule has 8 heteroatoms. The molecule has 0 radical (unpaired) electrons. The number of halogens is 1. The second kappa shape index (κ2) is 14.2. The van der Waals surface area contributed by atoms with Gasteiger partial charge in [0.15, 0.2) is 5.96 Å². The van der Waals surface area contributed by atoms with Gasteiger partial charge in [-0.15, -0.1) is 24.0 Å². The highest BCUT2D eigenvalue weighted by Gasteiger charge is 2.02. The number of ether oxygens (including phenoxy) is 2. The zero-order valence-corrected chi connectivity index (χ0v) is 20.2. The molecule has 0 aliphatic heterocycles. The summed E-state index contributed by atoms with van der Waals surface area (Å²) in [5, 5.41) is 11.2. The van der Waals surface area contributed by atoms with Crippen molar-refractivity contribution in [3.05, 3.63) is 47.3 Å². The minimum atomic E-state index is 0. The molecule has 0 aliphatic rings. The first-order valence-corrected chi connectivity index (χ1v) is 9.86. The Bertz CT molecular complexity index is 748. The van der Waals surface area contributed by atoms with Crippen LogP contribution in [0.2, 0.25) is 0 Å². The van der Waals surface area contributed by atoms with Crippen LogP contribution in [0.3, 0.4) is 0 Å². The number of hydrogen-bond acceptors (Lipinski definition) is 4. The summed E-state index contributed by atoms with van der Waals surface area (Å²) >= 11 is 0. The van der Waals surface area contributed by atoms with Gasteiger partial charge >= 0.3 is 0 Å². The number of methoxy groups -OCH3 is 1. The lowest BCUT2D eigenvalue weighted by Gasteiger charge is -2.12. The van der Waals surface area contributed by atoms with Gasteiger partial charge in [0.25, 0.3) is 0 Å². The van der Waals surface area contributed by atoms with E-state index in [9.17, 15) is 0 Å². The lowest BCUT2D eigenvalue weighted by Crippen LogP contribution is -2.38. The maximum absolute atomic E-state index is 5.66. The number of nitrogens with zero attached hydrogens (tertiary/aromatic N) is 3. The average molecular weight is 515 g/mol. The van der Waals surface area contributed by atoms with Crippen molar-refractivity contribution < 1.29 is 9.47 Å². The number of aliphatic imine (C=N–C) groups is 1. The Morgan fingerprint density at radius 2 is 2.00 bits per heavy atom. The summed E-state index contributed by atoms with van der Waals surface area (Å²) in [6.45, 7) is 10.4. The molecule has 0 amide bonds. The van der Waals surface area contributed by atoms with E-state index in [1.54, 1.807) is 7.11 Å². The van der Waals surface area contributed by atoms with Crippen molar-refractivity contribution >= 4 is 29.9 Å². The van der Waals surface area contributed by atoms with Crippen molar-refractivity contribution in [2.45, 2.75) is 40.3 Å². The third-order valence-electron chi connectivity index (χ3n) is 4.16. The van der Waals surface area contributed by atoms with Crippen molar-refractivity contribution in [2.24, 2.45) is 4.99 Å². The molecule has 2 rings (SSSR count). The molecular weight excluding hydrogens is 481 g/mol. The van der Waals surface area contributed by atoms with Crippen LogP contribution in [0.15, 0.2) is 35.3 Å². The number of rotatable bonds is 11. The maximum Gasteiger partial charge on any atom is 0.191 e. The van der Waals surface area contributed by atoms with Gasteiger partial charge in [-0.3, -0.25) is 4.68 Å². The fraction of sp³-hybridized carbons (Fsp3) is 0.524. The van der Waals surface area contributed by atoms with E-state index >= 15 is 0 Å². The van der Waals surface area contributed by atoms with Crippen molar-refractivity contribution in [3.63, 3.8) is 0 Å². The molecule has 0 saturated heterocycles. The third kappa shape index (κ3) is 9.49. The molecule has 2 aromatic rings. The van der Waals surface area contributed by atoms with Crippen LogP contribution in [-0.2, 0) is 17.8 Å². The maximum atomic E-state index is 5.66. The summed E-state index contributed by atoms with van der Waals surface area (Å²) in [6, 6.07) is 10.1. The Morgan fingerprint density at radius 3 is 2.69 bits per heavy atom. The summed E-state index contributed by atoms with van der Waals surface area (Å²) < 4.78 is 12.7. The highest BCUT2D eigenvalue weighted by molar-refractivity contribution is 14.0. The van der Waals surface area contributed by atoms with E-state index in [0.29, 0.717) is 19.8 Å². The van der Waals surface area contributed by atoms with Crippen LogP contribution in [0.4, 0.5) is 0 Å². The van der Waals surface area contributed by atoms with E-state index in [-0.39, 0.29) is 24.0 Å². The van der Waals surface area contributed by atoms with E-state index in [0.717, 1.165) is 49.0 Å². The van der Waals surface area contributed by atoms with Gasteiger partial charge in [0, 0.05) is 32.4 Å². The Morgan fingerprint density at radius 1 is 1.17 bits per heavy atom. The SMILES string of the molecule is CCNC(=NCc1cccc(OCCOC)c1)NCCCn1nc(C)cc1C.I. The first-order chi connectivity index (χ1) is 13.6. The minimum Gasteiger partial charge on any atom is -0.491 e. The lowest BCUT2D eigenvalue weighted by atomic mass is 10.2. The van der Waals surface area contributed by atoms with Gasteiger partial charge in [0.05, 0.1) is 18.8 Å². The molecule has 0 unspecified atom stereocenters. The van der Waals surface area contributed by atoms with E-state index in [1.165, 1.54) is 5.69 Å². The van der Waals surface area contributed by atoms with Crippen LogP contribution in [0.5, 0.6) is 5.75 Å². The predicted molar refractivity (Wildman–Crippen MR) is 128 cm³/mol. The van der Waals surface area contributed by atoms with Crippen LogP contribution in [-0.4, -0.2) is 49.2 Å². The molecule has 0 fully saturated rings. The number of nitrogens with one attached hydrogen (secondary N) is 2. The fourth-order valence-corrected chi connectivity index (χ4v) is 2.83. The quantitative estimate of drug-likeness (QED) is 0.208. The van der Waals surface area contributed by atoms with E-state index in [1.807, 2.05) is 25.1 Å². The molecule has 1 aromatic carbocycles. The van der Waals surface area contributed by atoms with Crippen LogP contribution in [0.1, 0.15) is 30.3 Å². The smallest absolute Gasteiger partial charge is 0.191 e. The second-order valence-electron chi connectivity index (χ2n) is 6.61. The molecule has 162 valence electrons. The Balaban J connectivity index is 0.00000420. The summed E-state index contributed by atoms with van der Waals surface area (Å²) in [5.41, 5.74) is 3.37. The van der Waals surface area contributed by atoms with Crippen molar-refractivity contribution in [3.8, 4) is 5.75 Å². The van der Waals surface area contributed by atoms with Crippen LogP contribution < -0.4 is 15.4 Å². The van der Waals surface area contributed by atoms with E-state index in [4.69, 9.17) is 9.47 Å². The van der Waals surface area contributed by atoms with Crippen molar-refractivity contribution in [1.29, 1.82) is 0 Å². The van der Waals surface area contributed by atoms with E-state index < -0.39 is 0 Å². The van der Waals surface area contributed by atoms with Gasteiger partial charge in [-0.05, 0) is 51.0 Å². The molecule has 0 aliphatic carbocycles. The molecule has 0 atom stereocenters. The molecule has 2 N–H and O–H groups in total. The highest BCUT2D eigenvalue weighted by Crippen LogP contribution is 2.14. The minimum absolute atomic E-state index is 0. The number of hydrogen-bond donors (Lipinski definition) is 2. The fourth-order valence-electron chi connectivity index (χ4n) is 2.83.